The van der Waals surface area contributed by atoms with Gasteiger partial charge in [0.15, 0.2) is 5.82 Å². The maximum atomic E-state index is 10.2. The fourth-order valence-electron chi connectivity index (χ4n) is 8.46. The molecule has 6 rings (SSSR count). The first kappa shape index (κ1) is 18.9. The van der Waals surface area contributed by atoms with Gasteiger partial charge in [-0.1, -0.05) is 31.6 Å². The summed E-state index contributed by atoms with van der Waals surface area (Å²) in [6.07, 6.45) is 12.1. The Morgan fingerprint density at radius 1 is 1.10 bits per heavy atom. The van der Waals surface area contributed by atoms with Crippen LogP contribution in [-0.2, 0) is 0 Å². The van der Waals surface area contributed by atoms with E-state index in [0.29, 0.717) is 22.6 Å². The van der Waals surface area contributed by atoms with E-state index in [9.17, 15) is 5.11 Å². The van der Waals surface area contributed by atoms with E-state index in [4.69, 9.17) is 5.73 Å². The van der Waals surface area contributed by atoms with Crippen LogP contribution in [-0.4, -0.2) is 21.4 Å². The molecule has 1 aromatic carbocycles. The molecule has 0 spiro atoms. The van der Waals surface area contributed by atoms with Gasteiger partial charge in [-0.05, 0) is 104 Å². The van der Waals surface area contributed by atoms with Crippen molar-refractivity contribution in [3.05, 3.63) is 35.4 Å². The third kappa shape index (κ3) is 2.46. The molecule has 0 bridgehead atoms. The number of allylic oxidation sites excluding steroid dienone is 1. The Labute approximate surface area is 179 Å². The number of nitrogen functional groups attached to an aromatic ring is 1. The number of benzene rings is 1. The molecule has 3 fully saturated rings. The highest BCUT2D eigenvalue weighted by molar-refractivity contribution is 5.89. The van der Waals surface area contributed by atoms with Gasteiger partial charge in [0.2, 0.25) is 0 Å². The molecule has 4 aliphatic rings. The smallest absolute Gasteiger partial charge is 0.153 e. The van der Waals surface area contributed by atoms with Crippen molar-refractivity contribution < 1.29 is 5.11 Å². The maximum absolute atomic E-state index is 10.2. The van der Waals surface area contributed by atoms with E-state index < -0.39 is 0 Å². The molecule has 0 radical (unpaired) electrons. The molecule has 160 valence electrons. The number of aliphatic hydroxyl groups is 1. The van der Waals surface area contributed by atoms with E-state index in [1.54, 1.807) is 5.57 Å². The summed E-state index contributed by atoms with van der Waals surface area (Å²) in [5.74, 6) is 3.65. The molecule has 30 heavy (non-hydrogen) atoms. The number of aromatic nitrogens is 2. The highest BCUT2D eigenvalue weighted by Gasteiger charge is 2.58. The highest BCUT2D eigenvalue weighted by Crippen LogP contribution is 2.68. The number of nitrogens with one attached hydrogen (secondary N) is 1. The fourth-order valence-corrected chi connectivity index (χ4v) is 8.46. The van der Waals surface area contributed by atoms with Crippen LogP contribution in [0.1, 0.15) is 76.7 Å². The minimum Gasteiger partial charge on any atom is -0.393 e. The van der Waals surface area contributed by atoms with Crippen molar-refractivity contribution in [1.29, 1.82) is 0 Å². The number of H-pyrrole nitrogens is 1. The number of hydrogen-bond donors (Lipinski definition) is 3. The topological polar surface area (TPSA) is 74.9 Å². The van der Waals surface area contributed by atoms with Gasteiger partial charge in [0.1, 0.15) is 0 Å². The zero-order chi connectivity index (χ0) is 20.7. The van der Waals surface area contributed by atoms with Crippen molar-refractivity contribution in [2.75, 3.05) is 5.73 Å². The van der Waals surface area contributed by atoms with Crippen molar-refractivity contribution in [2.24, 2.45) is 28.6 Å². The zero-order valence-corrected chi connectivity index (χ0v) is 18.3. The Bertz CT molecular complexity index is 1020. The largest absolute Gasteiger partial charge is 0.393 e. The molecule has 0 unspecified atom stereocenters. The van der Waals surface area contributed by atoms with Gasteiger partial charge in [-0.2, -0.15) is 5.10 Å². The van der Waals surface area contributed by atoms with Crippen molar-refractivity contribution >= 4 is 16.7 Å². The van der Waals surface area contributed by atoms with Crippen LogP contribution in [0, 0.1) is 28.6 Å². The molecule has 4 nitrogen and oxygen atoms in total. The van der Waals surface area contributed by atoms with E-state index >= 15 is 0 Å². The lowest BCUT2D eigenvalue weighted by Gasteiger charge is -2.58. The second kappa shape index (κ2) is 6.35. The quantitative estimate of drug-likeness (QED) is 0.544. The molecule has 4 aliphatic carbocycles. The number of aromatic amines is 1. The van der Waals surface area contributed by atoms with Gasteiger partial charge < -0.3 is 10.8 Å². The fraction of sp³-hybridized carbons (Fsp3) is 0.654. The molecule has 2 aromatic rings. The molecule has 4 heteroatoms. The number of nitrogens with two attached hydrogens (primary N) is 1. The number of hydrogen-bond acceptors (Lipinski definition) is 3. The lowest BCUT2D eigenvalue weighted by atomic mass is 9.47. The summed E-state index contributed by atoms with van der Waals surface area (Å²) in [5.41, 5.74) is 10.8. The highest BCUT2D eigenvalue weighted by atomic mass is 16.3. The van der Waals surface area contributed by atoms with Crippen molar-refractivity contribution in [3.8, 4) is 0 Å². The van der Waals surface area contributed by atoms with Crippen molar-refractivity contribution in [3.63, 3.8) is 0 Å². The third-order valence-electron chi connectivity index (χ3n) is 10.1. The van der Waals surface area contributed by atoms with Crippen molar-refractivity contribution in [2.45, 2.75) is 77.2 Å². The lowest BCUT2D eigenvalue weighted by Crippen LogP contribution is -2.50. The number of fused-ring (bicyclic) bond motifs is 6. The Balaban J connectivity index is 1.33. The van der Waals surface area contributed by atoms with Gasteiger partial charge in [0.05, 0.1) is 11.6 Å². The molecule has 0 aliphatic heterocycles. The molecule has 0 amide bonds. The first-order chi connectivity index (χ1) is 14.4. The first-order valence-electron chi connectivity index (χ1n) is 12.0. The average Bonchev–Trinajstić information content (AvgIpc) is 3.28. The van der Waals surface area contributed by atoms with Crippen LogP contribution in [0.3, 0.4) is 0 Å². The number of nitrogens with zero attached hydrogens (tertiary/aromatic N) is 1. The second-order valence-corrected chi connectivity index (χ2v) is 11.2. The first-order valence-corrected chi connectivity index (χ1v) is 12.0. The number of rotatable bonds is 1. The molecule has 0 saturated heterocycles. The number of anilines is 1. The Morgan fingerprint density at radius 2 is 1.97 bits per heavy atom. The SMILES string of the molecule is C[C@]12CC[C@H]3[C@@H](CC=C4C[C@H](O)CC[C@@]43C)[C@@H]1CC[C@@H]2c1ccc2c(N)n[nH]c2c1. The van der Waals surface area contributed by atoms with E-state index in [1.807, 2.05) is 0 Å². The van der Waals surface area contributed by atoms with Crippen LogP contribution < -0.4 is 5.73 Å². The van der Waals surface area contributed by atoms with Gasteiger partial charge in [-0.15, -0.1) is 0 Å². The summed E-state index contributed by atoms with van der Waals surface area (Å²) >= 11 is 0. The molecule has 1 heterocycles. The van der Waals surface area contributed by atoms with Crippen LogP contribution in [0.15, 0.2) is 29.8 Å². The van der Waals surface area contributed by atoms with Crippen LogP contribution in [0.5, 0.6) is 0 Å². The average molecular weight is 406 g/mol. The minimum absolute atomic E-state index is 0.114. The predicted octanol–water partition coefficient (Wildman–Crippen LogP) is 5.55. The Hall–Kier alpha value is -1.81. The molecular formula is C26H35N3O. The van der Waals surface area contributed by atoms with Crippen LogP contribution >= 0.6 is 0 Å². The second-order valence-electron chi connectivity index (χ2n) is 11.2. The van der Waals surface area contributed by atoms with Gasteiger partial charge >= 0.3 is 0 Å². The third-order valence-corrected chi connectivity index (χ3v) is 10.1. The standard InChI is InChI=1S/C26H35N3O/c1-25-11-9-17(30)14-16(25)4-6-18-21-8-7-20(26(21,2)12-10-22(18)25)15-3-5-19-23(13-15)28-29-24(19)27/h3-5,13,17-18,20-22,30H,6-12,14H2,1-2H3,(H3,27,28,29)/t17-,18+,20-,21+,22+,25+,26-/m1/s1. The molecule has 3 saturated carbocycles. The van der Waals surface area contributed by atoms with Gasteiger partial charge in [-0.25, -0.2) is 0 Å². The number of aliphatic hydroxyl groups excluding tert-OH is 1. The monoisotopic (exact) mass is 405 g/mol. The molecule has 7 atom stereocenters. The summed E-state index contributed by atoms with van der Waals surface area (Å²) in [6.45, 7) is 5.11. The summed E-state index contributed by atoms with van der Waals surface area (Å²) in [6, 6.07) is 6.78. The Kier molecular flexibility index (Phi) is 4.01. The summed E-state index contributed by atoms with van der Waals surface area (Å²) < 4.78 is 0. The van der Waals surface area contributed by atoms with E-state index in [0.717, 1.165) is 41.5 Å². The van der Waals surface area contributed by atoms with Gasteiger partial charge in [0.25, 0.3) is 0 Å². The summed E-state index contributed by atoms with van der Waals surface area (Å²) in [4.78, 5) is 0. The molecular weight excluding hydrogens is 370 g/mol. The normalized spacial score (nSPS) is 43.0. The van der Waals surface area contributed by atoms with Crippen LogP contribution in [0.4, 0.5) is 5.82 Å². The predicted molar refractivity (Wildman–Crippen MR) is 121 cm³/mol. The van der Waals surface area contributed by atoms with Gasteiger partial charge in [-0.3, -0.25) is 5.10 Å². The molecule has 4 N–H and O–H groups in total. The minimum atomic E-state index is -0.114. The molecule has 1 aromatic heterocycles. The zero-order valence-electron chi connectivity index (χ0n) is 18.3. The lowest BCUT2D eigenvalue weighted by molar-refractivity contribution is -0.0409. The van der Waals surface area contributed by atoms with Crippen LogP contribution in [0.25, 0.3) is 10.9 Å². The van der Waals surface area contributed by atoms with Crippen LogP contribution in [0.2, 0.25) is 0 Å². The van der Waals surface area contributed by atoms with Gasteiger partial charge in [0, 0.05) is 5.39 Å². The summed E-state index contributed by atoms with van der Waals surface area (Å²) in [5, 5.41) is 18.6. The van der Waals surface area contributed by atoms with E-state index in [1.165, 1.54) is 44.1 Å². The maximum Gasteiger partial charge on any atom is 0.153 e. The Morgan fingerprint density at radius 3 is 2.83 bits per heavy atom. The van der Waals surface area contributed by atoms with E-state index in [-0.39, 0.29) is 6.10 Å². The van der Waals surface area contributed by atoms with Crippen molar-refractivity contribution in [1.82, 2.24) is 10.2 Å². The van der Waals surface area contributed by atoms with E-state index in [2.05, 4.69) is 48.3 Å². The summed E-state index contributed by atoms with van der Waals surface area (Å²) in [7, 11) is 0.